The molecule has 0 spiro atoms. The zero-order valence-corrected chi connectivity index (χ0v) is 15.1. The van der Waals surface area contributed by atoms with Crippen molar-refractivity contribution < 1.29 is 16.8 Å². The molecule has 0 aliphatic carbocycles. The first-order valence-corrected chi connectivity index (χ1v) is 11.3. The Morgan fingerprint density at radius 2 is 2.00 bits per heavy atom. The zero-order chi connectivity index (χ0) is 16.8. The number of aryl methyl sites for hydroxylation is 2. The van der Waals surface area contributed by atoms with Crippen molar-refractivity contribution in [1.82, 2.24) is 14.1 Å². The Bertz CT molecular complexity index is 792. The van der Waals surface area contributed by atoms with Gasteiger partial charge in [-0.2, -0.15) is 9.40 Å². The molecule has 0 aromatic carbocycles. The van der Waals surface area contributed by atoms with Gasteiger partial charge < -0.3 is 0 Å². The number of aromatic nitrogens is 2. The van der Waals surface area contributed by atoms with Crippen LogP contribution in [0.4, 0.5) is 0 Å². The lowest BCUT2D eigenvalue weighted by Crippen LogP contribution is -2.51. The first kappa shape index (κ1) is 16.9. The standard InChI is InChI=1S/C14H23N3O4S2/c1-11-7-12(2)17(15-11)14-8-16(9-14)23(20,21)6-4-13-3-5-22(18,19)10-13/h7,13-14H,3-6,8-10H2,1-2H3. The molecule has 2 saturated heterocycles. The second-order valence-electron chi connectivity index (χ2n) is 6.72. The average Bonchev–Trinajstić information content (AvgIpc) is 2.88. The van der Waals surface area contributed by atoms with Crippen molar-refractivity contribution >= 4 is 19.9 Å². The van der Waals surface area contributed by atoms with Crippen molar-refractivity contribution in [2.24, 2.45) is 5.92 Å². The highest BCUT2D eigenvalue weighted by atomic mass is 32.2. The lowest BCUT2D eigenvalue weighted by atomic mass is 10.1. The molecule has 0 N–H and O–H groups in total. The van der Waals surface area contributed by atoms with Gasteiger partial charge in [-0.1, -0.05) is 0 Å². The molecule has 0 saturated carbocycles. The monoisotopic (exact) mass is 361 g/mol. The molecule has 3 rings (SSSR count). The van der Waals surface area contributed by atoms with Gasteiger partial charge in [0.1, 0.15) is 0 Å². The van der Waals surface area contributed by atoms with Crippen LogP contribution in [0.1, 0.15) is 30.3 Å². The Morgan fingerprint density at radius 1 is 1.30 bits per heavy atom. The first-order chi connectivity index (χ1) is 10.7. The van der Waals surface area contributed by atoms with Crippen molar-refractivity contribution in [2.45, 2.75) is 32.7 Å². The van der Waals surface area contributed by atoms with E-state index in [4.69, 9.17) is 0 Å². The average molecular weight is 361 g/mol. The minimum absolute atomic E-state index is 0.0112. The van der Waals surface area contributed by atoms with Crippen LogP contribution in [0.3, 0.4) is 0 Å². The third-order valence-electron chi connectivity index (χ3n) is 4.72. The van der Waals surface area contributed by atoms with Gasteiger partial charge >= 0.3 is 0 Å². The van der Waals surface area contributed by atoms with Crippen molar-refractivity contribution in [3.8, 4) is 0 Å². The summed E-state index contributed by atoms with van der Waals surface area (Å²) >= 11 is 0. The second kappa shape index (κ2) is 5.86. The van der Waals surface area contributed by atoms with Gasteiger partial charge in [0, 0.05) is 18.8 Å². The van der Waals surface area contributed by atoms with Gasteiger partial charge in [-0.05, 0) is 38.7 Å². The van der Waals surface area contributed by atoms with Crippen LogP contribution in [0, 0.1) is 19.8 Å². The third-order valence-corrected chi connectivity index (χ3v) is 8.40. The smallest absolute Gasteiger partial charge is 0.214 e. The Labute approximate surface area is 137 Å². The van der Waals surface area contributed by atoms with E-state index in [1.807, 2.05) is 24.6 Å². The highest BCUT2D eigenvalue weighted by Gasteiger charge is 2.38. The van der Waals surface area contributed by atoms with Crippen molar-refractivity contribution in [2.75, 3.05) is 30.3 Å². The van der Waals surface area contributed by atoms with Gasteiger partial charge in [-0.3, -0.25) is 4.68 Å². The predicted octanol–water partition coefficient (Wildman–Crippen LogP) is 0.511. The number of hydrogen-bond acceptors (Lipinski definition) is 5. The maximum atomic E-state index is 12.3. The number of sulfone groups is 1. The van der Waals surface area contributed by atoms with Crippen molar-refractivity contribution in [1.29, 1.82) is 0 Å². The Balaban J connectivity index is 1.53. The van der Waals surface area contributed by atoms with Gasteiger partial charge in [-0.15, -0.1) is 0 Å². The summed E-state index contributed by atoms with van der Waals surface area (Å²) in [6, 6.07) is 2.09. The van der Waals surface area contributed by atoms with Crippen LogP contribution in [0.15, 0.2) is 6.07 Å². The summed E-state index contributed by atoms with van der Waals surface area (Å²) in [6.45, 7) is 4.80. The quantitative estimate of drug-likeness (QED) is 0.762. The van der Waals surface area contributed by atoms with E-state index < -0.39 is 19.9 Å². The molecular formula is C14H23N3O4S2. The maximum Gasteiger partial charge on any atom is 0.214 e. The number of hydrogen-bond donors (Lipinski definition) is 0. The SMILES string of the molecule is Cc1cc(C)n(C2CN(S(=O)(=O)CCC3CCS(=O)(=O)C3)C2)n1. The van der Waals surface area contributed by atoms with Crippen LogP contribution >= 0.6 is 0 Å². The van der Waals surface area contributed by atoms with Crippen LogP contribution in [0.25, 0.3) is 0 Å². The van der Waals surface area contributed by atoms with E-state index in [1.165, 1.54) is 4.31 Å². The molecule has 1 aromatic rings. The topological polar surface area (TPSA) is 89.3 Å². The van der Waals surface area contributed by atoms with Crippen molar-refractivity contribution in [3.63, 3.8) is 0 Å². The summed E-state index contributed by atoms with van der Waals surface area (Å²) < 4.78 is 50.9. The van der Waals surface area contributed by atoms with E-state index in [0.29, 0.717) is 25.9 Å². The summed E-state index contributed by atoms with van der Waals surface area (Å²) in [5.74, 6) is 0.359. The van der Waals surface area contributed by atoms with Crippen LogP contribution in [-0.2, 0) is 19.9 Å². The first-order valence-electron chi connectivity index (χ1n) is 7.87. The van der Waals surface area contributed by atoms with Gasteiger partial charge in [0.15, 0.2) is 9.84 Å². The molecule has 1 unspecified atom stereocenters. The van der Waals surface area contributed by atoms with E-state index in [2.05, 4.69) is 5.10 Å². The molecule has 1 aromatic heterocycles. The fraction of sp³-hybridized carbons (Fsp3) is 0.786. The van der Waals surface area contributed by atoms with Crippen LogP contribution in [0.2, 0.25) is 0 Å². The van der Waals surface area contributed by atoms with E-state index in [0.717, 1.165) is 11.4 Å². The summed E-state index contributed by atoms with van der Waals surface area (Å²) in [6.07, 6.45) is 1.02. The van der Waals surface area contributed by atoms with E-state index in [1.54, 1.807) is 0 Å². The molecule has 130 valence electrons. The summed E-state index contributed by atoms with van der Waals surface area (Å²) in [4.78, 5) is 0. The number of rotatable bonds is 5. The van der Waals surface area contributed by atoms with E-state index >= 15 is 0 Å². The molecule has 23 heavy (non-hydrogen) atoms. The fourth-order valence-corrected chi connectivity index (χ4v) is 6.96. The zero-order valence-electron chi connectivity index (χ0n) is 13.5. The maximum absolute atomic E-state index is 12.3. The molecule has 7 nitrogen and oxygen atoms in total. The minimum Gasteiger partial charge on any atom is -0.264 e. The Kier molecular flexibility index (Phi) is 4.31. The normalized spacial score (nSPS) is 25.6. The van der Waals surface area contributed by atoms with Gasteiger partial charge in [0.05, 0.1) is 29.0 Å². The number of sulfonamides is 1. The van der Waals surface area contributed by atoms with E-state index in [-0.39, 0.29) is 29.2 Å². The Morgan fingerprint density at radius 3 is 2.52 bits per heavy atom. The molecule has 0 amide bonds. The second-order valence-corrected chi connectivity index (χ2v) is 11.0. The minimum atomic E-state index is -3.30. The lowest BCUT2D eigenvalue weighted by Gasteiger charge is -2.38. The summed E-state index contributed by atoms with van der Waals surface area (Å²) in [5, 5.41) is 4.40. The molecule has 3 heterocycles. The molecule has 9 heteroatoms. The van der Waals surface area contributed by atoms with Crippen molar-refractivity contribution in [3.05, 3.63) is 17.5 Å². The third kappa shape index (κ3) is 3.61. The molecule has 1 atom stereocenters. The van der Waals surface area contributed by atoms with Crippen LogP contribution in [-0.4, -0.2) is 61.3 Å². The highest BCUT2D eigenvalue weighted by Crippen LogP contribution is 2.28. The van der Waals surface area contributed by atoms with Gasteiger partial charge in [0.2, 0.25) is 10.0 Å². The highest BCUT2D eigenvalue weighted by molar-refractivity contribution is 7.91. The molecular weight excluding hydrogens is 338 g/mol. The summed E-state index contributed by atoms with van der Waals surface area (Å²) in [7, 11) is -6.24. The van der Waals surface area contributed by atoms with Gasteiger partial charge in [-0.25, -0.2) is 16.8 Å². The predicted molar refractivity (Wildman–Crippen MR) is 87.5 cm³/mol. The molecule has 2 fully saturated rings. The molecule has 0 bridgehead atoms. The number of nitrogens with zero attached hydrogens (tertiary/aromatic N) is 3. The molecule has 2 aliphatic heterocycles. The Hall–Kier alpha value is -0.930. The van der Waals surface area contributed by atoms with Crippen LogP contribution in [0.5, 0.6) is 0 Å². The molecule has 2 aliphatic rings. The summed E-state index contributed by atoms with van der Waals surface area (Å²) in [5.41, 5.74) is 1.98. The lowest BCUT2D eigenvalue weighted by molar-refractivity contribution is 0.188. The van der Waals surface area contributed by atoms with E-state index in [9.17, 15) is 16.8 Å². The van der Waals surface area contributed by atoms with Crippen LogP contribution < -0.4 is 0 Å². The molecule has 0 radical (unpaired) electrons. The van der Waals surface area contributed by atoms with Gasteiger partial charge in [0.25, 0.3) is 0 Å². The fourth-order valence-electron chi connectivity index (χ4n) is 3.36. The largest absolute Gasteiger partial charge is 0.264 e.